The van der Waals surface area contributed by atoms with Gasteiger partial charge in [-0.15, -0.1) is 0 Å². The maximum absolute atomic E-state index is 12.6. The van der Waals surface area contributed by atoms with Gasteiger partial charge in [-0.3, -0.25) is 4.79 Å². The molecule has 7 atom stereocenters. The van der Waals surface area contributed by atoms with E-state index in [1.807, 2.05) is 13.8 Å². The van der Waals surface area contributed by atoms with Crippen molar-refractivity contribution in [3.8, 4) is 0 Å². The second-order valence-electron chi connectivity index (χ2n) is 7.01. The summed E-state index contributed by atoms with van der Waals surface area (Å²) >= 11 is 0. The van der Waals surface area contributed by atoms with Gasteiger partial charge in [0.25, 0.3) is 0 Å². The van der Waals surface area contributed by atoms with Gasteiger partial charge in [0, 0.05) is 5.92 Å². The summed E-state index contributed by atoms with van der Waals surface area (Å²) in [5, 5.41) is 47.8. The number of hydrogen-bond donors (Lipinski definition) is 5. The van der Waals surface area contributed by atoms with Gasteiger partial charge in [0.1, 0.15) is 24.4 Å². The van der Waals surface area contributed by atoms with Crippen molar-refractivity contribution in [2.45, 2.75) is 64.4 Å². The summed E-state index contributed by atoms with van der Waals surface area (Å²) in [4.78, 5) is 12.6. The van der Waals surface area contributed by atoms with Gasteiger partial charge in [-0.25, -0.2) is 0 Å². The molecule has 6 heteroatoms. The predicted octanol–water partition coefficient (Wildman–Crippen LogP) is -0.300. The third-order valence-electron chi connectivity index (χ3n) is 4.93. The SMILES string of the molecule is CC1CCC(C(C)C)C(C(=O)[C@H](O)[C@@H](O)[C@H](O)[C@H](O)CO)C1. The number of hydrogen-bond acceptors (Lipinski definition) is 6. The quantitative estimate of drug-likeness (QED) is 0.440. The van der Waals surface area contributed by atoms with Gasteiger partial charge in [-0.2, -0.15) is 0 Å². The lowest BCUT2D eigenvalue weighted by molar-refractivity contribution is -0.154. The van der Waals surface area contributed by atoms with Crippen LogP contribution >= 0.6 is 0 Å². The Kier molecular flexibility index (Phi) is 7.41. The van der Waals surface area contributed by atoms with E-state index in [0.717, 1.165) is 12.8 Å². The third-order valence-corrected chi connectivity index (χ3v) is 4.93. The number of carbonyl (C=O) groups is 1. The van der Waals surface area contributed by atoms with Gasteiger partial charge in [-0.05, 0) is 30.6 Å². The van der Waals surface area contributed by atoms with Crippen molar-refractivity contribution in [3.63, 3.8) is 0 Å². The van der Waals surface area contributed by atoms with Crippen LogP contribution in [0.4, 0.5) is 0 Å². The molecule has 0 amide bonds. The Morgan fingerprint density at radius 1 is 1.09 bits per heavy atom. The molecule has 1 aliphatic carbocycles. The van der Waals surface area contributed by atoms with Crippen molar-refractivity contribution in [2.75, 3.05) is 6.61 Å². The smallest absolute Gasteiger partial charge is 0.167 e. The highest BCUT2D eigenvalue weighted by Gasteiger charge is 2.42. The van der Waals surface area contributed by atoms with Crippen molar-refractivity contribution in [1.29, 1.82) is 0 Å². The van der Waals surface area contributed by atoms with Crippen LogP contribution < -0.4 is 0 Å². The zero-order valence-corrected chi connectivity index (χ0v) is 13.6. The largest absolute Gasteiger partial charge is 0.394 e. The Hall–Kier alpha value is -0.530. The Morgan fingerprint density at radius 2 is 1.68 bits per heavy atom. The zero-order valence-electron chi connectivity index (χ0n) is 13.6. The summed E-state index contributed by atoms with van der Waals surface area (Å²) in [7, 11) is 0. The Labute approximate surface area is 131 Å². The van der Waals surface area contributed by atoms with Crippen LogP contribution in [0.3, 0.4) is 0 Å². The Balaban J connectivity index is 2.82. The summed E-state index contributed by atoms with van der Waals surface area (Å²) < 4.78 is 0. The molecule has 1 saturated carbocycles. The summed E-state index contributed by atoms with van der Waals surface area (Å²) in [5.41, 5.74) is 0. The fourth-order valence-electron chi connectivity index (χ4n) is 3.44. The van der Waals surface area contributed by atoms with Gasteiger partial charge >= 0.3 is 0 Å². The molecular weight excluding hydrogens is 288 g/mol. The van der Waals surface area contributed by atoms with Crippen LogP contribution in [0.15, 0.2) is 0 Å². The van der Waals surface area contributed by atoms with Gasteiger partial charge in [0.15, 0.2) is 5.78 Å². The first-order valence-corrected chi connectivity index (χ1v) is 8.07. The van der Waals surface area contributed by atoms with Crippen LogP contribution in [0.25, 0.3) is 0 Å². The van der Waals surface area contributed by atoms with Crippen molar-refractivity contribution >= 4 is 5.78 Å². The molecule has 0 radical (unpaired) electrons. The van der Waals surface area contributed by atoms with E-state index in [1.165, 1.54) is 0 Å². The lowest BCUT2D eigenvalue weighted by Crippen LogP contribution is -2.51. The summed E-state index contributed by atoms with van der Waals surface area (Å²) in [6.07, 6.45) is -4.32. The topological polar surface area (TPSA) is 118 Å². The lowest BCUT2D eigenvalue weighted by atomic mass is 9.67. The van der Waals surface area contributed by atoms with E-state index >= 15 is 0 Å². The molecule has 1 fully saturated rings. The first kappa shape index (κ1) is 19.5. The number of aliphatic hydroxyl groups excluding tert-OH is 5. The van der Waals surface area contributed by atoms with Crippen LogP contribution in [-0.4, -0.2) is 62.3 Å². The molecule has 1 aliphatic rings. The maximum Gasteiger partial charge on any atom is 0.167 e. The van der Waals surface area contributed by atoms with Gasteiger partial charge in [-0.1, -0.05) is 27.2 Å². The van der Waals surface area contributed by atoms with Gasteiger partial charge < -0.3 is 25.5 Å². The molecule has 22 heavy (non-hydrogen) atoms. The predicted molar refractivity (Wildman–Crippen MR) is 81.0 cm³/mol. The third kappa shape index (κ3) is 4.49. The zero-order chi connectivity index (χ0) is 17.0. The first-order chi connectivity index (χ1) is 10.2. The summed E-state index contributed by atoms with van der Waals surface area (Å²) in [5.74, 6) is -0.0285. The maximum atomic E-state index is 12.6. The van der Waals surface area contributed by atoms with E-state index in [0.29, 0.717) is 18.3 Å². The van der Waals surface area contributed by atoms with Crippen molar-refractivity contribution in [3.05, 3.63) is 0 Å². The average Bonchev–Trinajstić information content (AvgIpc) is 2.50. The molecule has 5 N–H and O–H groups in total. The van der Waals surface area contributed by atoms with Gasteiger partial charge in [0.2, 0.25) is 0 Å². The van der Waals surface area contributed by atoms with Gasteiger partial charge in [0.05, 0.1) is 6.61 Å². The number of rotatable bonds is 7. The van der Waals surface area contributed by atoms with Crippen LogP contribution in [0.2, 0.25) is 0 Å². The molecule has 0 bridgehead atoms. The Bertz CT molecular complexity index is 359. The fraction of sp³-hybridized carbons (Fsp3) is 0.938. The molecule has 0 spiro atoms. The summed E-state index contributed by atoms with van der Waals surface area (Å²) in [6, 6.07) is 0. The Morgan fingerprint density at radius 3 is 2.18 bits per heavy atom. The average molecular weight is 318 g/mol. The standard InChI is InChI=1S/C16H30O6/c1-8(2)10-5-4-9(3)6-11(10)13(19)15(21)16(22)14(20)12(18)7-17/h8-12,14-18,20-22H,4-7H2,1-3H3/t9?,10?,11?,12-,14-,15+,16+/m1/s1. The van der Waals surface area contributed by atoms with E-state index < -0.39 is 36.8 Å². The van der Waals surface area contributed by atoms with E-state index in [9.17, 15) is 25.2 Å². The number of Topliss-reactive ketones (excluding diaryl/α,β-unsaturated/α-hetero) is 1. The monoisotopic (exact) mass is 318 g/mol. The van der Waals surface area contributed by atoms with Crippen LogP contribution in [-0.2, 0) is 4.79 Å². The number of aliphatic hydroxyl groups is 5. The highest BCUT2D eigenvalue weighted by molar-refractivity contribution is 5.86. The van der Waals surface area contributed by atoms with Crippen molar-refractivity contribution in [2.24, 2.45) is 23.7 Å². The van der Waals surface area contributed by atoms with E-state index in [4.69, 9.17) is 5.11 Å². The van der Waals surface area contributed by atoms with E-state index in [1.54, 1.807) is 0 Å². The molecule has 130 valence electrons. The van der Waals surface area contributed by atoms with Crippen molar-refractivity contribution in [1.82, 2.24) is 0 Å². The minimum absolute atomic E-state index is 0.144. The molecule has 0 aromatic heterocycles. The molecule has 0 heterocycles. The molecule has 1 rings (SSSR count). The molecular formula is C16H30O6. The molecule has 0 aliphatic heterocycles. The normalized spacial score (nSPS) is 31.6. The van der Waals surface area contributed by atoms with Crippen molar-refractivity contribution < 1.29 is 30.3 Å². The molecule has 0 aromatic rings. The molecule has 0 saturated heterocycles. The molecule has 0 aromatic carbocycles. The number of ketones is 1. The lowest BCUT2D eigenvalue weighted by Gasteiger charge is -2.38. The van der Waals surface area contributed by atoms with E-state index in [-0.39, 0.29) is 11.8 Å². The highest BCUT2D eigenvalue weighted by atomic mass is 16.4. The second-order valence-corrected chi connectivity index (χ2v) is 7.01. The van der Waals surface area contributed by atoms with Crippen LogP contribution in [0, 0.1) is 23.7 Å². The summed E-state index contributed by atoms with van der Waals surface area (Å²) in [6.45, 7) is 5.38. The minimum atomic E-state index is -1.81. The molecule has 3 unspecified atom stereocenters. The van der Waals surface area contributed by atoms with E-state index in [2.05, 4.69) is 6.92 Å². The van der Waals surface area contributed by atoms with Crippen LogP contribution in [0.5, 0.6) is 0 Å². The first-order valence-electron chi connectivity index (χ1n) is 8.07. The second kappa shape index (κ2) is 8.36. The number of carbonyl (C=O) groups excluding carboxylic acids is 1. The molecule has 6 nitrogen and oxygen atoms in total. The highest BCUT2D eigenvalue weighted by Crippen LogP contribution is 2.39. The van der Waals surface area contributed by atoms with Crippen LogP contribution in [0.1, 0.15) is 40.0 Å². The minimum Gasteiger partial charge on any atom is -0.394 e. The fourth-order valence-corrected chi connectivity index (χ4v) is 3.44.